The Hall–Kier alpha value is -1.96. The Morgan fingerprint density at radius 2 is 2.38 bits per heavy atom. The van der Waals surface area contributed by atoms with Crippen LogP contribution in [0.15, 0.2) is 10.9 Å². The lowest BCUT2D eigenvalue weighted by Gasteiger charge is -2.22. The summed E-state index contributed by atoms with van der Waals surface area (Å²) in [5.41, 5.74) is 0.491. The fraction of sp³-hybridized carbons (Fsp3) is 0.538. The maximum Gasteiger partial charge on any atom is 0.275 e. The van der Waals surface area contributed by atoms with Crippen LogP contribution >= 0.6 is 11.3 Å². The van der Waals surface area contributed by atoms with E-state index in [1.165, 1.54) is 21.9 Å². The van der Waals surface area contributed by atoms with Crippen LogP contribution in [0, 0.1) is 6.92 Å². The van der Waals surface area contributed by atoms with Gasteiger partial charge in [-0.3, -0.25) is 9.59 Å². The number of aryl methyl sites for hydroxylation is 1. The second-order valence-corrected chi connectivity index (χ2v) is 6.00. The maximum absolute atomic E-state index is 12.1. The minimum Gasteiger partial charge on any atom is -0.355 e. The van der Waals surface area contributed by atoms with E-state index in [4.69, 9.17) is 0 Å². The van der Waals surface area contributed by atoms with E-state index in [2.05, 4.69) is 15.4 Å². The number of aromatic nitrogens is 3. The lowest BCUT2D eigenvalue weighted by atomic mass is 10.2. The van der Waals surface area contributed by atoms with Gasteiger partial charge >= 0.3 is 0 Å². The molecule has 1 saturated heterocycles. The molecule has 1 amide bonds. The summed E-state index contributed by atoms with van der Waals surface area (Å²) in [6, 6.07) is 1.25. The molecular weight excluding hydrogens is 290 g/mol. The van der Waals surface area contributed by atoms with Gasteiger partial charge in [-0.05, 0) is 26.7 Å². The smallest absolute Gasteiger partial charge is 0.275 e. The lowest BCUT2D eigenvalue weighted by molar-refractivity contribution is -0.122. The van der Waals surface area contributed by atoms with E-state index in [1.54, 1.807) is 6.92 Å². The summed E-state index contributed by atoms with van der Waals surface area (Å²) >= 11 is 1.35. The number of likely N-dealkylation sites (N-methyl/N-ethyl adjacent to an activating group) is 1. The molecule has 1 aliphatic rings. The number of nitrogens with one attached hydrogen (secondary N) is 1. The second kappa shape index (κ2) is 5.44. The van der Waals surface area contributed by atoms with Gasteiger partial charge in [0.05, 0.1) is 0 Å². The van der Waals surface area contributed by atoms with Gasteiger partial charge in [0.2, 0.25) is 16.0 Å². The first-order valence-electron chi connectivity index (χ1n) is 7.02. The largest absolute Gasteiger partial charge is 0.355 e. The molecule has 2 aromatic heterocycles. The van der Waals surface area contributed by atoms with Crippen LogP contribution in [0.2, 0.25) is 0 Å². The zero-order valence-corrected chi connectivity index (χ0v) is 12.8. The Morgan fingerprint density at radius 1 is 1.57 bits per heavy atom. The molecule has 2 aromatic rings. The molecule has 112 valence electrons. The van der Waals surface area contributed by atoms with Gasteiger partial charge in [-0.2, -0.15) is 4.52 Å². The van der Waals surface area contributed by atoms with Gasteiger partial charge in [-0.25, -0.2) is 4.98 Å². The highest BCUT2D eigenvalue weighted by atomic mass is 32.1. The van der Waals surface area contributed by atoms with Crippen LogP contribution in [0.25, 0.3) is 4.96 Å². The highest BCUT2D eigenvalue weighted by Crippen LogP contribution is 2.29. The van der Waals surface area contributed by atoms with E-state index < -0.39 is 0 Å². The van der Waals surface area contributed by atoms with Gasteiger partial charge in [0.25, 0.3) is 5.56 Å². The van der Waals surface area contributed by atoms with Gasteiger partial charge in [0.1, 0.15) is 6.04 Å². The van der Waals surface area contributed by atoms with Crippen molar-refractivity contribution in [3.05, 3.63) is 22.1 Å². The fourth-order valence-corrected chi connectivity index (χ4v) is 3.62. The van der Waals surface area contributed by atoms with E-state index in [1.807, 2.05) is 11.8 Å². The summed E-state index contributed by atoms with van der Waals surface area (Å²) in [5.74, 6) is 0.0192. The quantitative estimate of drug-likeness (QED) is 0.896. The molecule has 0 spiro atoms. The summed E-state index contributed by atoms with van der Waals surface area (Å²) in [7, 11) is 0. The standard InChI is InChI=1S/C13H17N5O2S/c1-3-14-11(20)9-5-4-6-17(9)13-16-18-10(19)7-8(2)15-12(18)21-13/h7,9H,3-6H2,1-2H3,(H,14,20). The third-order valence-corrected chi connectivity index (χ3v) is 4.46. The van der Waals surface area contributed by atoms with Crippen molar-refractivity contribution in [2.24, 2.45) is 0 Å². The molecule has 1 N–H and O–H groups in total. The molecule has 0 bridgehead atoms. The minimum atomic E-state index is -0.206. The van der Waals surface area contributed by atoms with Crippen molar-refractivity contribution in [2.75, 3.05) is 18.0 Å². The normalized spacial score (nSPS) is 18.4. The van der Waals surface area contributed by atoms with E-state index in [-0.39, 0.29) is 17.5 Å². The van der Waals surface area contributed by atoms with E-state index in [0.29, 0.717) is 22.3 Å². The SMILES string of the molecule is CCNC(=O)C1CCCN1c1nn2c(=O)cc(C)nc2s1. The Labute approximate surface area is 125 Å². The van der Waals surface area contributed by atoms with Crippen molar-refractivity contribution in [2.45, 2.75) is 32.7 Å². The number of nitrogens with zero attached hydrogens (tertiary/aromatic N) is 4. The summed E-state index contributed by atoms with van der Waals surface area (Å²) < 4.78 is 1.31. The third-order valence-electron chi connectivity index (χ3n) is 3.51. The molecule has 1 atom stereocenters. The van der Waals surface area contributed by atoms with Crippen LogP contribution in [0.5, 0.6) is 0 Å². The number of carbonyl (C=O) groups excluding carboxylic acids is 1. The zero-order valence-electron chi connectivity index (χ0n) is 12.0. The van der Waals surface area contributed by atoms with Gasteiger partial charge in [0, 0.05) is 24.8 Å². The van der Waals surface area contributed by atoms with E-state index in [9.17, 15) is 9.59 Å². The fourth-order valence-electron chi connectivity index (χ4n) is 2.59. The molecule has 1 fully saturated rings. The van der Waals surface area contributed by atoms with Crippen molar-refractivity contribution in [3.63, 3.8) is 0 Å². The highest BCUT2D eigenvalue weighted by molar-refractivity contribution is 7.20. The molecule has 0 aliphatic carbocycles. The number of hydrogen-bond donors (Lipinski definition) is 1. The third kappa shape index (κ3) is 2.51. The number of hydrogen-bond acceptors (Lipinski definition) is 6. The van der Waals surface area contributed by atoms with E-state index in [0.717, 1.165) is 19.4 Å². The van der Waals surface area contributed by atoms with Gasteiger partial charge in [0.15, 0.2) is 0 Å². The first-order valence-corrected chi connectivity index (χ1v) is 7.83. The van der Waals surface area contributed by atoms with Crippen LogP contribution in [-0.2, 0) is 4.79 Å². The van der Waals surface area contributed by atoms with Gasteiger partial charge < -0.3 is 10.2 Å². The van der Waals surface area contributed by atoms with Crippen LogP contribution in [0.3, 0.4) is 0 Å². The van der Waals surface area contributed by atoms with Crippen molar-refractivity contribution in [1.29, 1.82) is 0 Å². The predicted octanol–water partition coefficient (Wildman–Crippen LogP) is 0.564. The second-order valence-electron chi connectivity index (χ2n) is 5.06. The topological polar surface area (TPSA) is 79.6 Å². The molecule has 1 aliphatic heterocycles. The predicted molar refractivity (Wildman–Crippen MR) is 80.9 cm³/mol. The molecule has 7 nitrogen and oxygen atoms in total. The summed E-state index contributed by atoms with van der Waals surface area (Å²) in [5, 5.41) is 7.87. The van der Waals surface area contributed by atoms with Crippen molar-refractivity contribution >= 4 is 27.3 Å². The molecule has 8 heteroatoms. The Bertz CT molecular complexity index is 738. The number of rotatable bonds is 3. The molecule has 0 aromatic carbocycles. The van der Waals surface area contributed by atoms with Crippen LogP contribution in [0.4, 0.5) is 5.13 Å². The molecule has 21 heavy (non-hydrogen) atoms. The molecular formula is C13H17N5O2S. The van der Waals surface area contributed by atoms with Crippen molar-refractivity contribution < 1.29 is 4.79 Å². The van der Waals surface area contributed by atoms with Crippen molar-refractivity contribution in [3.8, 4) is 0 Å². The highest BCUT2D eigenvalue weighted by Gasteiger charge is 2.32. The van der Waals surface area contributed by atoms with Crippen molar-refractivity contribution in [1.82, 2.24) is 19.9 Å². The number of anilines is 1. The summed E-state index contributed by atoms with van der Waals surface area (Å²) in [6.07, 6.45) is 1.75. The maximum atomic E-state index is 12.1. The molecule has 0 radical (unpaired) electrons. The first-order chi connectivity index (χ1) is 10.1. The average Bonchev–Trinajstić information content (AvgIpc) is 3.03. The van der Waals surface area contributed by atoms with Gasteiger partial charge in [-0.15, -0.1) is 5.10 Å². The molecule has 0 saturated carbocycles. The Kier molecular flexibility index (Phi) is 3.62. The van der Waals surface area contributed by atoms with Gasteiger partial charge in [-0.1, -0.05) is 11.3 Å². The van der Waals surface area contributed by atoms with Crippen LogP contribution in [-0.4, -0.2) is 39.6 Å². The summed E-state index contributed by atoms with van der Waals surface area (Å²) in [6.45, 7) is 5.08. The average molecular weight is 307 g/mol. The molecule has 3 heterocycles. The Morgan fingerprint density at radius 3 is 3.14 bits per heavy atom. The minimum absolute atomic E-state index is 0.0192. The van der Waals surface area contributed by atoms with Crippen LogP contribution < -0.4 is 15.8 Å². The number of fused-ring (bicyclic) bond motifs is 1. The Balaban J connectivity index is 1.98. The van der Waals surface area contributed by atoms with E-state index >= 15 is 0 Å². The monoisotopic (exact) mass is 307 g/mol. The summed E-state index contributed by atoms with van der Waals surface area (Å²) in [4.78, 5) is 30.9. The lowest BCUT2D eigenvalue weighted by Crippen LogP contribution is -2.43. The van der Waals surface area contributed by atoms with Crippen LogP contribution in [0.1, 0.15) is 25.5 Å². The zero-order chi connectivity index (χ0) is 15.0. The first kappa shape index (κ1) is 14.0. The number of carbonyl (C=O) groups is 1. The molecule has 1 unspecified atom stereocenters. The number of amides is 1. The molecule has 3 rings (SSSR count).